The lowest BCUT2D eigenvalue weighted by Crippen LogP contribution is -2.40. The van der Waals surface area contributed by atoms with E-state index in [2.05, 4.69) is 10.2 Å². The van der Waals surface area contributed by atoms with Gasteiger partial charge in [-0.2, -0.15) is 5.10 Å². The van der Waals surface area contributed by atoms with Gasteiger partial charge in [0, 0.05) is 34.5 Å². The highest BCUT2D eigenvalue weighted by Crippen LogP contribution is 2.40. The van der Waals surface area contributed by atoms with E-state index in [1.165, 1.54) is 12.1 Å². The van der Waals surface area contributed by atoms with Gasteiger partial charge >= 0.3 is 5.97 Å². The molecule has 0 spiro atoms. The number of nitrogens with one attached hydrogen (secondary N) is 1. The fourth-order valence-electron chi connectivity index (χ4n) is 4.06. The van der Waals surface area contributed by atoms with Crippen molar-refractivity contribution in [1.82, 2.24) is 15.1 Å². The number of aryl methyl sites for hydroxylation is 2. The van der Waals surface area contributed by atoms with Gasteiger partial charge in [0.25, 0.3) is 5.91 Å². The Morgan fingerprint density at radius 3 is 2.55 bits per heavy atom. The molecule has 1 aromatic heterocycles. The normalized spacial score (nSPS) is 15.7. The van der Waals surface area contributed by atoms with Gasteiger partial charge in [0.15, 0.2) is 0 Å². The number of hydrogen-bond acceptors (Lipinski definition) is 4. The molecule has 166 valence electrons. The summed E-state index contributed by atoms with van der Waals surface area (Å²) in [4.78, 5) is 28.5. The number of aromatic amines is 1. The monoisotopic (exact) mass is 427 g/mol. The number of aromatic nitrogens is 2. The van der Waals surface area contributed by atoms with Crippen molar-refractivity contribution in [3.05, 3.63) is 57.8 Å². The van der Waals surface area contributed by atoms with Crippen LogP contribution in [0.2, 0.25) is 0 Å². The molecule has 3 rings (SSSR count). The number of ether oxygens (including phenoxy) is 1. The summed E-state index contributed by atoms with van der Waals surface area (Å²) in [6.07, 6.45) is 0.128. The van der Waals surface area contributed by atoms with E-state index >= 15 is 0 Å². The summed E-state index contributed by atoms with van der Waals surface area (Å²) in [5.74, 6) is -1.13. The zero-order valence-corrected chi connectivity index (χ0v) is 19.2. The maximum absolute atomic E-state index is 13.8. The van der Waals surface area contributed by atoms with Crippen molar-refractivity contribution in [1.29, 1.82) is 0 Å². The lowest BCUT2D eigenvalue weighted by molar-refractivity contribution is -0.140. The van der Waals surface area contributed by atoms with E-state index in [0.29, 0.717) is 40.9 Å². The average Bonchev–Trinajstić information content (AvgIpc) is 3.02. The summed E-state index contributed by atoms with van der Waals surface area (Å²) in [6.45, 7) is 13.3. The smallest absolute Gasteiger partial charge is 0.340 e. The number of carbonyl (C=O) groups excluding carboxylic acids is 2. The van der Waals surface area contributed by atoms with Crippen LogP contribution in [0.1, 0.15) is 73.9 Å². The Morgan fingerprint density at radius 2 is 1.97 bits per heavy atom. The van der Waals surface area contributed by atoms with Crippen LogP contribution in [-0.2, 0) is 14.9 Å². The first-order valence-corrected chi connectivity index (χ1v) is 10.6. The van der Waals surface area contributed by atoms with Gasteiger partial charge in [-0.1, -0.05) is 20.8 Å². The fourth-order valence-corrected chi connectivity index (χ4v) is 4.06. The van der Waals surface area contributed by atoms with E-state index in [1.807, 2.05) is 27.7 Å². The molecule has 0 saturated carbocycles. The van der Waals surface area contributed by atoms with E-state index in [1.54, 1.807) is 31.7 Å². The van der Waals surface area contributed by atoms with Gasteiger partial charge in [0.2, 0.25) is 0 Å². The molecule has 0 atom stereocenters. The number of allylic oxidation sites excluding steroid dienone is 1. The van der Waals surface area contributed by atoms with Crippen LogP contribution in [0.4, 0.5) is 4.39 Å². The number of carbonyl (C=O) groups is 2. The van der Waals surface area contributed by atoms with Crippen molar-refractivity contribution in [2.45, 2.75) is 66.4 Å². The summed E-state index contributed by atoms with van der Waals surface area (Å²) in [6, 6.07) is 4.32. The van der Waals surface area contributed by atoms with Crippen molar-refractivity contribution >= 4 is 17.4 Å². The molecule has 1 aliphatic rings. The quantitative estimate of drug-likeness (QED) is 0.720. The zero-order valence-electron chi connectivity index (χ0n) is 19.2. The number of nitrogens with zero attached hydrogens (tertiary/aromatic N) is 2. The molecule has 0 bridgehead atoms. The molecule has 0 unspecified atom stereocenters. The van der Waals surface area contributed by atoms with Crippen LogP contribution in [0.15, 0.2) is 23.9 Å². The molecule has 6 nitrogen and oxygen atoms in total. The molecule has 0 saturated heterocycles. The molecule has 7 heteroatoms. The molecule has 1 aliphatic heterocycles. The summed E-state index contributed by atoms with van der Waals surface area (Å²) >= 11 is 0. The third kappa shape index (κ3) is 4.13. The second-order valence-electron chi connectivity index (χ2n) is 8.94. The maximum atomic E-state index is 13.8. The predicted molar refractivity (Wildman–Crippen MR) is 117 cm³/mol. The third-order valence-electron chi connectivity index (χ3n) is 5.54. The second-order valence-corrected chi connectivity index (χ2v) is 8.94. The van der Waals surface area contributed by atoms with E-state index in [4.69, 9.17) is 4.74 Å². The predicted octanol–water partition coefficient (Wildman–Crippen LogP) is 4.67. The summed E-state index contributed by atoms with van der Waals surface area (Å²) in [5.41, 5.74) is 3.32. The number of hydrogen-bond donors (Lipinski definition) is 1. The Bertz CT molecular complexity index is 1070. The van der Waals surface area contributed by atoms with E-state index in [-0.39, 0.29) is 17.8 Å². The van der Waals surface area contributed by atoms with Gasteiger partial charge in [-0.25, -0.2) is 9.18 Å². The highest BCUT2D eigenvalue weighted by molar-refractivity contribution is 6.19. The number of H-pyrrole nitrogens is 1. The molecule has 2 aromatic rings. The van der Waals surface area contributed by atoms with Gasteiger partial charge in [-0.05, 0) is 57.9 Å². The largest absolute Gasteiger partial charge is 0.459 e. The Kier molecular flexibility index (Phi) is 6.07. The van der Waals surface area contributed by atoms with Crippen LogP contribution in [0.3, 0.4) is 0 Å². The summed E-state index contributed by atoms with van der Waals surface area (Å²) in [5, 5.41) is 7.49. The van der Waals surface area contributed by atoms with Crippen LogP contribution in [0.25, 0.3) is 5.57 Å². The Labute approximate surface area is 182 Å². The Balaban J connectivity index is 2.25. The minimum absolute atomic E-state index is 0.283. The summed E-state index contributed by atoms with van der Waals surface area (Å²) in [7, 11) is 0. The molecule has 0 aliphatic carbocycles. The maximum Gasteiger partial charge on any atom is 0.340 e. The minimum atomic E-state index is -0.537. The van der Waals surface area contributed by atoms with E-state index in [0.717, 1.165) is 11.4 Å². The number of esters is 1. The number of benzene rings is 1. The van der Waals surface area contributed by atoms with Crippen molar-refractivity contribution < 1.29 is 18.7 Å². The van der Waals surface area contributed by atoms with Crippen molar-refractivity contribution in [2.75, 3.05) is 6.54 Å². The lowest BCUT2D eigenvalue weighted by Gasteiger charge is -2.31. The number of halogens is 1. The van der Waals surface area contributed by atoms with Gasteiger partial charge in [0.05, 0.1) is 17.4 Å². The Morgan fingerprint density at radius 1 is 1.29 bits per heavy atom. The Hall–Kier alpha value is -2.96. The van der Waals surface area contributed by atoms with E-state index < -0.39 is 11.4 Å². The molecule has 0 fully saturated rings. The van der Waals surface area contributed by atoms with Crippen LogP contribution < -0.4 is 0 Å². The highest BCUT2D eigenvalue weighted by atomic mass is 19.1. The first kappa shape index (κ1) is 22.7. The molecule has 0 radical (unpaired) electrons. The molecule has 2 heterocycles. The fraction of sp³-hybridized carbons (Fsp3) is 0.458. The van der Waals surface area contributed by atoms with Crippen LogP contribution in [0.5, 0.6) is 0 Å². The molecule has 1 amide bonds. The number of rotatable bonds is 4. The zero-order chi connectivity index (χ0) is 23.1. The molecule has 31 heavy (non-hydrogen) atoms. The molecular weight excluding hydrogens is 397 g/mol. The highest BCUT2D eigenvalue weighted by Gasteiger charge is 2.41. The third-order valence-corrected chi connectivity index (χ3v) is 5.54. The minimum Gasteiger partial charge on any atom is -0.459 e. The van der Waals surface area contributed by atoms with Gasteiger partial charge in [0.1, 0.15) is 5.82 Å². The standard InChI is InChI=1S/C24H30FN3O3/c1-8-18-20(23(30)31-13(2)3)19-15(5)26-27-21(19)24(6,7)12-28(18)22(29)16-9-10-17(25)14(4)11-16/h9-11,13H,8,12H2,1-7H3,(H,26,27). The average molecular weight is 428 g/mol. The lowest BCUT2D eigenvalue weighted by atomic mass is 9.85. The molecular formula is C24H30FN3O3. The number of amides is 1. The van der Waals surface area contributed by atoms with Crippen LogP contribution >= 0.6 is 0 Å². The molecule has 1 aromatic carbocycles. The molecule has 1 N–H and O–H groups in total. The second kappa shape index (κ2) is 8.29. The van der Waals surface area contributed by atoms with Gasteiger partial charge < -0.3 is 9.64 Å². The van der Waals surface area contributed by atoms with Gasteiger partial charge in [-0.3, -0.25) is 9.89 Å². The van der Waals surface area contributed by atoms with Crippen LogP contribution in [0, 0.1) is 19.7 Å². The first-order valence-electron chi connectivity index (χ1n) is 10.6. The SMILES string of the molecule is CCC1=C(C(=O)OC(C)C)c2c(n[nH]c2C)C(C)(C)CN1C(=O)c1ccc(F)c(C)c1. The summed E-state index contributed by atoms with van der Waals surface area (Å²) < 4.78 is 19.4. The van der Waals surface area contributed by atoms with E-state index in [9.17, 15) is 14.0 Å². The van der Waals surface area contributed by atoms with Crippen molar-refractivity contribution in [3.63, 3.8) is 0 Å². The van der Waals surface area contributed by atoms with Crippen LogP contribution in [-0.4, -0.2) is 39.6 Å². The number of fused-ring (bicyclic) bond motifs is 1. The van der Waals surface area contributed by atoms with Crippen molar-refractivity contribution in [3.8, 4) is 0 Å². The first-order chi connectivity index (χ1) is 14.5. The van der Waals surface area contributed by atoms with Crippen molar-refractivity contribution in [2.24, 2.45) is 0 Å². The topological polar surface area (TPSA) is 75.3 Å². The van der Waals surface area contributed by atoms with Gasteiger partial charge in [-0.15, -0.1) is 0 Å².